The van der Waals surface area contributed by atoms with E-state index in [0.29, 0.717) is 49.0 Å². The number of amides is 3. The molecule has 14 nitrogen and oxygen atoms in total. The molecular formula is C37H42F3N9O5. The van der Waals surface area contributed by atoms with Crippen LogP contribution in [0, 0.1) is 11.8 Å². The van der Waals surface area contributed by atoms with Crippen molar-refractivity contribution in [1.29, 1.82) is 0 Å². The Labute approximate surface area is 309 Å². The van der Waals surface area contributed by atoms with Gasteiger partial charge in [0.1, 0.15) is 6.04 Å². The van der Waals surface area contributed by atoms with E-state index in [4.69, 9.17) is 15.6 Å². The van der Waals surface area contributed by atoms with Gasteiger partial charge < -0.3 is 31.7 Å². The quantitative estimate of drug-likeness (QED) is 0.139. The molecule has 1 saturated carbocycles. The van der Waals surface area contributed by atoms with E-state index < -0.39 is 18.2 Å². The van der Waals surface area contributed by atoms with E-state index in [0.717, 1.165) is 61.0 Å². The minimum absolute atomic E-state index is 0.0510. The molecule has 0 spiro atoms. The van der Waals surface area contributed by atoms with Crippen molar-refractivity contribution in [3.05, 3.63) is 83.9 Å². The summed E-state index contributed by atoms with van der Waals surface area (Å²) in [5.41, 5.74) is 10.8. The third kappa shape index (κ3) is 10.9. The number of hydrogen-bond donors (Lipinski definition) is 6. The van der Waals surface area contributed by atoms with Gasteiger partial charge in [-0.05, 0) is 96.4 Å². The van der Waals surface area contributed by atoms with Gasteiger partial charge in [-0.25, -0.2) is 4.79 Å². The summed E-state index contributed by atoms with van der Waals surface area (Å²) < 4.78 is 31.7. The number of alkyl halides is 3. The van der Waals surface area contributed by atoms with Gasteiger partial charge in [0.15, 0.2) is 0 Å². The number of carbonyl (C=O) groups is 4. The molecule has 1 aliphatic carbocycles. The normalized spacial score (nSPS) is 17.7. The fourth-order valence-electron chi connectivity index (χ4n) is 6.30. The highest BCUT2D eigenvalue weighted by Crippen LogP contribution is 2.29. The number of carboxylic acids is 1. The number of piperazine rings is 1. The Balaban J connectivity index is 0.000000730. The van der Waals surface area contributed by atoms with Crippen molar-refractivity contribution in [1.82, 2.24) is 36.2 Å². The Hall–Kier alpha value is -5.68. The molecule has 6 rings (SSSR count). The third-order valence-corrected chi connectivity index (χ3v) is 9.45. The van der Waals surface area contributed by atoms with Crippen LogP contribution in [0.1, 0.15) is 41.6 Å². The van der Waals surface area contributed by atoms with Gasteiger partial charge in [-0.1, -0.05) is 36.4 Å². The van der Waals surface area contributed by atoms with Crippen LogP contribution in [0.15, 0.2) is 72.8 Å². The summed E-state index contributed by atoms with van der Waals surface area (Å²) in [6, 6.07) is 22.0. The number of H-pyrrole nitrogens is 1. The first kappa shape index (κ1) is 39.5. The summed E-state index contributed by atoms with van der Waals surface area (Å²) in [5.74, 6) is -2.32. The molecule has 1 atom stereocenters. The van der Waals surface area contributed by atoms with Gasteiger partial charge in [-0.3, -0.25) is 14.4 Å². The van der Waals surface area contributed by atoms with Gasteiger partial charge in [0, 0.05) is 55.3 Å². The van der Waals surface area contributed by atoms with Crippen molar-refractivity contribution < 1.29 is 37.5 Å². The van der Waals surface area contributed by atoms with Gasteiger partial charge in [0.2, 0.25) is 17.6 Å². The number of anilines is 1. The second kappa shape index (κ2) is 18.4. The molecule has 0 unspecified atom stereocenters. The van der Waals surface area contributed by atoms with Crippen LogP contribution in [-0.4, -0.2) is 99.3 Å². The summed E-state index contributed by atoms with van der Waals surface area (Å²) in [4.78, 5) is 50.6. The van der Waals surface area contributed by atoms with Crippen LogP contribution in [0.5, 0.6) is 0 Å². The lowest BCUT2D eigenvalue weighted by molar-refractivity contribution is -0.192. The summed E-state index contributed by atoms with van der Waals surface area (Å²) in [6.07, 6.45) is -1.37. The standard InChI is InChI=1S/C35H41N9O3.C2HF3O2/c36-22-24-3-7-28(8-4-24)33(45)39-31(34(46)38-30-15-13-27(14-16-30)32-40-42-43-41-32)21-23-1-5-25(6-2-23)26-9-11-29(12-10-26)35(47)44-19-17-37-18-20-44;3-2(4,5)1(6)7/h1-2,5-6,9-16,24,28,31,37H,3-4,7-8,17-22,36H2,(H,38,46)(H,39,45)(H,40,41,42,43);(H,6,7)/t24-,28-,31-;/m0./s1. The van der Waals surface area contributed by atoms with E-state index in [9.17, 15) is 27.6 Å². The molecule has 1 saturated heterocycles. The molecular weight excluding hydrogens is 707 g/mol. The second-order valence-corrected chi connectivity index (χ2v) is 13.1. The van der Waals surface area contributed by atoms with Gasteiger partial charge in [-0.2, -0.15) is 18.4 Å². The van der Waals surface area contributed by atoms with Crippen molar-refractivity contribution in [3.8, 4) is 22.5 Å². The van der Waals surface area contributed by atoms with Crippen LogP contribution in [0.3, 0.4) is 0 Å². The largest absolute Gasteiger partial charge is 0.490 e. The van der Waals surface area contributed by atoms with Crippen LogP contribution in [0.2, 0.25) is 0 Å². The number of aliphatic carboxylic acids is 1. The van der Waals surface area contributed by atoms with Crippen molar-refractivity contribution in [2.75, 3.05) is 38.0 Å². The highest BCUT2D eigenvalue weighted by molar-refractivity contribution is 5.98. The second-order valence-electron chi connectivity index (χ2n) is 13.1. The summed E-state index contributed by atoms with van der Waals surface area (Å²) in [5, 5.41) is 30.4. The average molecular weight is 750 g/mol. The predicted molar refractivity (Wildman–Crippen MR) is 193 cm³/mol. The SMILES string of the molecule is NC[C@H]1CC[C@H](C(=O)N[C@@H](Cc2ccc(-c3ccc(C(=O)N4CCNCC4)cc3)cc2)C(=O)Nc2ccc(-c3nn[nH]n3)cc2)CC1.O=C(O)C(F)(F)F. The topological polar surface area (TPSA) is 208 Å². The van der Waals surface area contributed by atoms with Gasteiger partial charge >= 0.3 is 12.1 Å². The van der Waals surface area contributed by atoms with Crippen LogP contribution in [-0.2, 0) is 20.8 Å². The molecule has 7 N–H and O–H groups in total. The van der Waals surface area contributed by atoms with E-state index in [1.54, 1.807) is 24.3 Å². The zero-order valence-electron chi connectivity index (χ0n) is 29.3. The fraction of sp³-hybridized carbons (Fsp3) is 0.378. The maximum Gasteiger partial charge on any atom is 0.490 e. The van der Waals surface area contributed by atoms with Crippen molar-refractivity contribution in [2.24, 2.45) is 17.6 Å². The number of hydrogen-bond acceptors (Lipinski definition) is 9. The van der Waals surface area contributed by atoms with Crippen LogP contribution in [0.4, 0.5) is 18.9 Å². The predicted octanol–water partition coefficient (Wildman–Crippen LogP) is 3.64. The Morgan fingerprint density at radius 3 is 1.98 bits per heavy atom. The molecule has 4 aromatic rings. The summed E-state index contributed by atoms with van der Waals surface area (Å²) in [6.45, 7) is 3.69. The van der Waals surface area contributed by atoms with Crippen LogP contribution >= 0.6 is 0 Å². The van der Waals surface area contributed by atoms with E-state index >= 15 is 0 Å². The smallest absolute Gasteiger partial charge is 0.475 e. The number of carboxylic acid groups (broad SMARTS) is 1. The molecule has 2 aliphatic rings. The molecule has 3 aromatic carbocycles. The Kier molecular flexibility index (Phi) is 13.5. The van der Waals surface area contributed by atoms with E-state index in [1.165, 1.54) is 0 Å². The number of rotatable bonds is 10. The van der Waals surface area contributed by atoms with E-state index in [-0.39, 0.29) is 23.6 Å². The molecule has 0 bridgehead atoms. The first-order chi connectivity index (χ1) is 25.9. The third-order valence-electron chi connectivity index (χ3n) is 9.45. The maximum atomic E-state index is 13.6. The molecule has 1 aliphatic heterocycles. The number of halogens is 3. The molecule has 0 radical (unpaired) electrons. The van der Waals surface area contributed by atoms with E-state index in [1.807, 2.05) is 53.4 Å². The highest BCUT2D eigenvalue weighted by Gasteiger charge is 2.38. The first-order valence-corrected chi connectivity index (χ1v) is 17.6. The molecule has 2 fully saturated rings. The lowest BCUT2D eigenvalue weighted by Gasteiger charge is -2.28. The summed E-state index contributed by atoms with van der Waals surface area (Å²) >= 11 is 0. The highest BCUT2D eigenvalue weighted by atomic mass is 19.4. The number of nitrogens with two attached hydrogens (primary N) is 1. The molecule has 3 amide bonds. The molecule has 286 valence electrons. The molecule has 2 heterocycles. The molecule has 54 heavy (non-hydrogen) atoms. The van der Waals surface area contributed by atoms with Crippen LogP contribution in [0.25, 0.3) is 22.5 Å². The Morgan fingerprint density at radius 2 is 1.44 bits per heavy atom. The molecule has 1 aromatic heterocycles. The Morgan fingerprint density at radius 1 is 0.870 bits per heavy atom. The maximum absolute atomic E-state index is 13.6. The van der Waals surface area contributed by atoms with Crippen LogP contribution < -0.4 is 21.7 Å². The minimum Gasteiger partial charge on any atom is -0.475 e. The fourth-order valence-corrected chi connectivity index (χ4v) is 6.30. The lowest BCUT2D eigenvalue weighted by Crippen LogP contribution is -2.48. The first-order valence-electron chi connectivity index (χ1n) is 17.6. The average Bonchev–Trinajstić information content (AvgIpc) is 3.74. The van der Waals surface area contributed by atoms with Crippen molar-refractivity contribution >= 4 is 29.4 Å². The van der Waals surface area contributed by atoms with Gasteiger partial charge in [0.05, 0.1) is 0 Å². The molecule has 17 heteroatoms. The minimum atomic E-state index is -5.08. The number of nitrogens with one attached hydrogen (secondary N) is 4. The Bertz CT molecular complexity index is 1840. The zero-order valence-corrected chi connectivity index (χ0v) is 29.3. The van der Waals surface area contributed by atoms with Gasteiger partial charge in [0.25, 0.3) is 5.91 Å². The number of aromatic nitrogens is 4. The zero-order chi connectivity index (χ0) is 38.7. The lowest BCUT2D eigenvalue weighted by atomic mass is 9.81. The number of carbonyl (C=O) groups excluding carboxylic acids is 3. The monoisotopic (exact) mass is 749 g/mol. The van der Waals surface area contributed by atoms with Crippen molar-refractivity contribution in [2.45, 2.75) is 44.3 Å². The number of tetrazole rings is 1. The summed E-state index contributed by atoms with van der Waals surface area (Å²) in [7, 11) is 0. The number of benzene rings is 3. The van der Waals surface area contributed by atoms with Gasteiger partial charge in [-0.15, -0.1) is 10.2 Å². The van der Waals surface area contributed by atoms with E-state index in [2.05, 4.69) is 36.6 Å². The number of aromatic amines is 1. The van der Waals surface area contributed by atoms with Crippen molar-refractivity contribution in [3.63, 3.8) is 0 Å². The number of nitrogens with zero attached hydrogens (tertiary/aromatic N) is 4.